The van der Waals surface area contributed by atoms with Crippen LogP contribution < -0.4 is 0 Å². The summed E-state index contributed by atoms with van der Waals surface area (Å²) in [5, 5.41) is 8.66. The Morgan fingerprint density at radius 3 is 2.25 bits per heavy atom. The first-order valence-corrected chi connectivity index (χ1v) is 7.34. The molecule has 20 heavy (non-hydrogen) atoms. The van der Waals surface area contributed by atoms with Crippen molar-refractivity contribution in [1.82, 2.24) is 9.80 Å². The van der Waals surface area contributed by atoms with Crippen molar-refractivity contribution in [2.45, 2.75) is 6.42 Å². The van der Waals surface area contributed by atoms with Crippen molar-refractivity contribution in [2.75, 3.05) is 32.7 Å². The molecular weight excluding hydrogens is 324 g/mol. The molecule has 1 fully saturated rings. The van der Waals surface area contributed by atoms with Crippen LogP contribution in [-0.4, -0.2) is 59.5 Å². The predicted octanol–water partition coefficient (Wildman–Crippen LogP) is 1.68. The highest BCUT2D eigenvalue weighted by molar-refractivity contribution is 9.10. The first-order chi connectivity index (χ1) is 9.56. The molecule has 1 aromatic rings. The molecule has 0 aromatic heterocycles. The van der Waals surface area contributed by atoms with Crippen molar-refractivity contribution in [2.24, 2.45) is 0 Å². The quantitative estimate of drug-likeness (QED) is 0.905. The number of carboxylic acid groups (broad SMARTS) is 1. The number of rotatable bonds is 4. The number of hydrogen-bond acceptors (Lipinski definition) is 3. The molecule has 0 spiro atoms. The van der Waals surface area contributed by atoms with Crippen LogP contribution in [0.2, 0.25) is 0 Å². The number of nitrogens with zero attached hydrogens (tertiary/aromatic N) is 2. The second kappa shape index (κ2) is 6.85. The topological polar surface area (TPSA) is 60.9 Å². The number of piperazine rings is 1. The fraction of sp³-hybridized carbons (Fsp3) is 0.429. The Bertz CT molecular complexity index is 482. The van der Waals surface area contributed by atoms with E-state index in [9.17, 15) is 9.59 Å². The Morgan fingerprint density at radius 1 is 1.10 bits per heavy atom. The summed E-state index contributed by atoms with van der Waals surface area (Å²) < 4.78 is 0.951. The van der Waals surface area contributed by atoms with E-state index >= 15 is 0 Å². The van der Waals surface area contributed by atoms with Crippen LogP contribution in [0.3, 0.4) is 0 Å². The van der Waals surface area contributed by atoms with E-state index in [0.29, 0.717) is 25.2 Å². The van der Waals surface area contributed by atoms with Gasteiger partial charge in [0.15, 0.2) is 0 Å². The first kappa shape index (κ1) is 15.0. The van der Waals surface area contributed by atoms with Crippen molar-refractivity contribution < 1.29 is 14.7 Å². The van der Waals surface area contributed by atoms with Gasteiger partial charge in [0.2, 0.25) is 0 Å². The highest BCUT2D eigenvalue weighted by atomic mass is 79.9. The maximum absolute atomic E-state index is 12.3. The van der Waals surface area contributed by atoms with E-state index in [-0.39, 0.29) is 12.3 Å². The molecule has 1 amide bonds. The molecule has 6 heteroatoms. The summed E-state index contributed by atoms with van der Waals surface area (Å²) in [5.41, 5.74) is 0.687. The first-order valence-electron chi connectivity index (χ1n) is 6.55. The lowest BCUT2D eigenvalue weighted by molar-refractivity contribution is -0.137. The summed E-state index contributed by atoms with van der Waals surface area (Å²) in [6.45, 7) is 3.31. The third kappa shape index (κ3) is 4.05. The molecule has 0 radical (unpaired) electrons. The van der Waals surface area contributed by atoms with Crippen LogP contribution in [0.15, 0.2) is 28.7 Å². The predicted molar refractivity (Wildman–Crippen MR) is 78.7 cm³/mol. The van der Waals surface area contributed by atoms with Crippen molar-refractivity contribution in [3.05, 3.63) is 34.3 Å². The van der Waals surface area contributed by atoms with Crippen molar-refractivity contribution in [1.29, 1.82) is 0 Å². The number of benzene rings is 1. The molecule has 0 saturated carbocycles. The van der Waals surface area contributed by atoms with Crippen LogP contribution in [0.1, 0.15) is 16.8 Å². The van der Waals surface area contributed by atoms with Gasteiger partial charge in [0, 0.05) is 42.8 Å². The van der Waals surface area contributed by atoms with Crippen LogP contribution >= 0.6 is 15.9 Å². The smallest absolute Gasteiger partial charge is 0.304 e. The van der Waals surface area contributed by atoms with Gasteiger partial charge in [-0.05, 0) is 24.3 Å². The Kier molecular flexibility index (Phi) is 5.14. The minimum Gasteiger partial charge on any atom is -0.481 e. The summed E-state index contributed by atoms with van der Waals surface area (Å²) in [5.74, 6) is -0.742. The minimum atomic E-state index is -0.779. The molecule has 1 saturated heterocycles. The normalized spacial score (nSPS) is 16.1. The minimum absolute atomic E-state index is 0.0374. The number of aliphatic carboxylic acids is 1. The van der Waals surface area contributed by atoms with E-state index in [1.807, 2.05) is 29.2 Å². The summed E-state index contributed by atoms with van der Waals surface area (Å²) >= 11 is 3.35. The van der Waals surface area contributed by atoms with Gasteiger partial charge in [0.05, 0.1) is 6.42 Å². The second-order valence-corrected chi connectivity index (χ2v) is 5.70. The molecule has 1 aromatic carbocycles. The summed E-state index contributed by atoms with van der Waals surface area (Å²) in [6, 6.07) is 7.33. The van der Waals surface area contributed by atoms with E-state index in [1.54, 1.807) is 0 Å². The lowest BCUT2D eigenvalue weighted by Crippen LogP contribution is -2.49. The Morgan fingerprint density at radius 2 is 1.70 bits per heavy atom. The maximum atomic E-state index is 12.3. The summed E-state index contributed by atoms with van der Waals surface area (Å²) in [7, 11) is 0. The van der Waals surface area contributed by atoms with Gasteiger partial charge in [-0.15, -0.1) is 0 Å². The fourth-order valence-electron chi connectivity index (χ4n) is 2.20. The molecule has 1 heterocycles. The van der Waals surface area contributed by atoms with E-state index in [2.05, 4.69) is 20.8 Å². The highest BCUT2D eigenvalue weighted by Gasteiger charge is 2.22. The van der Waals surface area contributed by atoms with Gasteiger partial charge in [0.1, 0.15) is 0 Å². The van der Waals surface area contributed by atoms with Gasteiger partial charge in [-0.25, -0.2) is 0 Å². The Labute approximate surface area is 126 Å². The number of carboxylic acids is 1. The lowest BCUT2D eigenvalue weighted by Gasteiger charge is -2.34. The molecule has 2 rings (SSSR count). The van der Waals surface area contributed by atoms with E-state index in [0.717, 1.165) is 17.6 Å². The monoisotopic (exact) mass is 340 g/mol. The molecule has 0 aliphatic carbocycles. The number of amides is 1. The molecular formula is C14H17BrN2O3. The maximum Gasteiger partial charge on any atom is 0.304 e. The fourth-order valence-corrected chi connectivity index (χ4v) is 2.47. The largest absolute Gasteiger partial charge is 0.481 e. The van der Waals surface area contributed by atoms with Gasteiger partial charge in [-0.2, -0.15) is 0 Å². The average Bonchev–Trinajstić information content (AvgIpc) is 2.46. The van der Waals surface area contributed by atoms with Gasteiger partial charge in [0.25, 0.3) is 5.91 Å². The molecule has 0 atom stereocenters. The van der Waals surface area contributed by atoms with Crippen LogP contribution in [-0.2, 0) is 4.79 Å². The standard InChI is InChI=1S/C14H17BrN2O3/c15-12-3-1-11(2-4-12)14(20)17-9-7-16(8-10-17)6-5-13(18)19/h1-4H,5-10H2,(H,18,19). The van der Waals surface area contributed by atoms with Crippen molar-refractivity contribution in [3.8, 4) is 0 Å². The third-order valence-corrected chi connectivity index (χ3v) is 3.92. The van der Waals surface area contributed by atoms with Gasteiger partial charge < -0.3 is 10.0 Å². The third-order valence-electron chi connectivity index (χ3n) is 3.39. The number of hydrogen-bond donors (Lipinski definition) is 1. The molecule has 1 N–H and O–H groups in total. The van der Waals surface area contributed by atoms with Gasteiger partial charge >= 0.3 is 5.97 Å². The van der Waals surface area contributed by atoms with Crippen LogP contribution in [0.4, 0.5) is 0 Å². The van der Waals surface area contributed by atoms with Crippen LogP contribution in [0, 0.1) is 0 Å². The zero-order chi connectivity index (χ0) is 14.5. The number of halogens is 1. The van der Waals surface area contributed by atoms with Crippen molar-refractivity contribution >= 4 is 27.8 Å². The zero-order valence-corrected chi connectivity index (χ0v) is 12.7. The average molecular weight is 341 g/mol. The molecule has 108 valence electrons. The molecule has 1 aliphatic heterocycles. The van der Waals surface area contributed by atoms with E-state index in [1.165, 1.54) is 0 Å². The van der Waals surface area contributed by atoms with Crippen molar-refractivity contribution in [3.63, 3.8) is 0 Å². The second-order valence-electron chi connectivity index (χ2n) is 4.78. The lowest BCUT2D eigenvalue weighted by atomic mass is 10.2. The summed E-state index contributed by atoms with van der Waals surface area (Å²) in [6.07, 6.45) is 0.153. The Hall–Kier alpha value is -1.40. The summed E-state index contributed by atoms with van der Waals surface area (Å²) in [4.78, 5) is 26.7. The zero-order valence-electron chi connectivity index (χ0n) is 11.1. The molecule has 5 nitrogen and oxygen atoms in total. The Balaban J connectivity index is 1.85. The van der Waals surface area contributed by atoms with Crippen LogP contribution in [0.5, 0.6) is 0 Å². The van der Waals surface area contributed by atoms with Crippen LogP contribution in [0.25, 0.3) is 0 Å². The van der Waals surface area contributed by atoms with E-state index < -0.39 is 5.97 Å². The van der Waals surface area contributed by atoms with Gasteiger partial charge in [-0.1, -0.05) is 15.9 Å². The molecule has 0 unspecified atom stereocenters. The SMILES string of the molecule is O=C(O)CCN1CCN(C(=O)c2ccc(Br)cc2)CC1. The number of carbonyl (C=O) groups is 2. The molecule has 0 bridgehead atoms. The molecule has 1 aliphatic rings. The number of carbonyl (C=O) groups excluding carboxylic acids is 1. The van der Waals surface area contributed by atoms with Gasteiger partial charge in [-0.3, -0.25) is 14.5 Å². The highest BCUT2D eigenvalue weighted by Crippen LogP contribution is 2.13. The van der Waals surface area contributed by atoms with E-state index in [4.69, 9.17) is 5.11 Å².